The summed E-state index contributed by atoms with van der Waals surface area (Å²) in [5.41, 5.74) is 0.430. The average molecular weight is 501 g/mol. The maximum absolute atomic E-state index is 12.6. The average Bonchev–Trinajstić information content (AvgIpc) is 3.23. The maximum atomic E-state index is 12.6. The SMILES string of the molecule is Cc1nc(-n2ccc(OCc3ccccc3)cc2=O)sc1C(=O)NCc1ccc(C(F)(F)F)nc1. The molecule has 4 aromatic rings. The van der Waals surface area contributed by atoms with Gasteiger partial charge in [0.1, 0.15) is 22.9 Å². The number of hydrogen-bond donors (Lipinski definition) is 1. The number of thiazole rings is 1. The van der Waals surface area contributed by atoms with Crippen LogP contribution in [0.5, 0.6) is 5.75 Å². The van der Waals surface area contributed by atoms with Crippen LogP contribution < -0.4 is 15.6 Å². The summed E-state index contributed by atoms with van der Waals surface area (Å²) in [6.45, 7) is 1.94. The number of rotatable bonds is 7. The minimum atomic E-state index is -4.53. The molecule has 3 heterocycles. The van der Waals surface area contributed by atoms with Gasteiger partial charge in [-0.05, 0) is 30.2 Å². The molecule has 0 saturated carbocycles. The molecule has 0 aliphatic rings. The van der Waals surface area contributed by atoms with Crippen LogP contribution in [-0.2, 0) is 19.3 Å². The first kappa shape index (κ1) is 24.1. The largest absolute Gasteiger partial charge is 0.489 e. The molecule has 0 spiro atoms. The number of halogens is 3. The molecule has 1 aromatic carbocycles. The van der Waals surface area contributed by atoms with Gasteiger partial charge in [0.05, 0.1) is 5.69 Å². The van der Waals surface area contributed by atoms with Crippen LogP contribution in [0.3, 0.4) is 0 Å². The fourth-order valence-electron chi connectivity index (χ4n) is 3.10. The van der Waals surface area contributed by atoms with E-state index in [0.717, 1.165) is 29.2 Å². The summed E-state index contributed by atoms with van der Waals surface area (Å²) in [6.07, 6.45) is -1.94. The summed E-state index contributed by atoms with van der Waals surface area (Å²) in [7, 11) is 0. The molecule has 0 aliphatic heterocycles. The molecular weight excluding hydrogens is 481 g/mol. The van der Waals surface area contributed by atoms with Gasteiger partial charge < -0.3 is 10.1 Å². The van der Waals surface area contributed by atoms with Gasteiger partial charge in [-0.3, -0.25) is 19.1 Å². The molecule has 35 heavy (non-hydrogen) atoms. The lowest BCUT2D eigenvalue weighted by Crippen LogP contribution is -2.22. The van der Waals surface area contributed by atoms with E-state index in [9.17, 15) is 22.8 Å². The second-order valence-electron chi connectivity index (χ2n) is 7.49. The summed E-state index contributed by atoms with van der Waals surface area (Å²) < 4.78 is 44.9. The molecule has 7 nitrogen and oxygen atoms in total. The maximum Gasteiger partial charge on any atom is 0.433 e. The van der Waals surface area contributed by atoms with E-state index < -0.39 is 17.8 Å². The van der Waals surface area contributed by atoms with Crippen molar-refractivity contribution in [1.82, 2.24) is 19.9 Å². The van der Waals surface area contributed by atoms with E-state index in [1.807, 2.05) is 30.3 Å². The van der Waals surface area contributed by atoms with Gasteiger partial charge in [-0.15, -0.1) is 0 Å². The zero-order valence-corrected chi connectivity index (χ0v) is 19.2. The van der Waals surface area contributed by atoms with Crippen LogP contribution in [0.25, 0.3) is 5.13 Å². The van der Waals surface area contributed by atoms with Crippen molar-refractivity contribution in [1.29, 1.82) is 0 Å². The topological polar surface area (TPSA) is 86.1 Å². The second-order valence-corrected chi connectivity index (χ2v) is 8.47. The fraction of sp³-hybridized carbons (Fsp3) is 0.167. The third-order valence-corrected chi connectivity index (χ3v) is 6.06. The molecule has 0 saturated heterocycles. The van der Waals surface area contributed by atoms with Crippen LogP contribution in [0.2, 0.25) is 0 Å². The number of carbonyl (C=O) groups is 1. The molecule has 0 radical (unpaired) electrons. The Balaban J connectivity index is 1.42. The lowest BCUT2D eigenvalue weighted by molar-refractivity contribution is -0.141. The summed E-state index contributed by atoms with van der Waals surface area (Å²) in [5.74, 6) is -0.0477. The standard InChI is InChI=1S/C24H19F3N4O3S/c1-15-21(22(33)29-13-17-7-8-19(28-12-17)24(25,26)27)35-23(30-15)31-10-9-18(11-20(31)32)34-14-16-5-3-2-4-6-16/h2-12H,13-14H2,1H3,(H,29,33). The third kappa shape index (κ3) is 5.93. The highest BCUT2D eigenvalue weighted by Gasteiger charge is 2.32. The van der Waals surface area contributed by atoms with Gasteiger partial charge in [-0.2, -0.15) is 13.2 Å². The molecule has 3 aromatic heterocycles. The van der Waals surface area contributed by atoms with Crippen LogP contribution in [-0.4, -0.2) is 20.4 Å². The van der Waals surface area contributed by atoms with Crippen molar-refractivity contribution >= 4 is 17.2 Å². The van der Waals surface area contributed by atoms with Crippen molar-refractivity contribution in [3.63, 3.8) is 0 Å². The van der Waals surface area contributed by atoms with Crippen molar-refractivity contribution in [2.45, 2.75) is 26.3 Å². The molecule has 0 unspecified atom stereocenters. The number of hydrogen-bond acceptors (Lipinski definition) is 6. The zero-order chi connectivity index (χ0) is 25.0. The van der Waals surface area contributed by atoms with Gasteiger partial charge in [-0.25, -0.2) is 4.98 Å². The molecule has 0 atom stereocenters. The quantitative estimate of drug-likeness (QED) is 0.403. The van der Waals surface area contributed by atoms with Gasteiger partial charge in [0.2, 0.25) is 0 Å². The van der Waals surface area contributed by atoms with Crippen molar-refractivity contribution in [2.24, 2.45) is 0 Å². The van der Waals surface area contributed by atoms with E-state index in [1.54, 1.807) is 13.0 Å². The Morgan fingerprint density at radius 1 is 1.11 bits per heavy atom. The van der Waals surface area contributed by atoms with Crippen molar-refractivity contribution in [2.75, 3.05) is 0 Å². The molecule has 180 valence electrons. The number of aryl methyl sites for hydroxylation is 1. The summed E-state index contributed by atoms with van der Waals surface area (Å²) in [5, 5.41) is 2.95. The summed E-state index contributed by atoms with van der Waals surface area (Å²) in [6, 6.07) is 14.6. The van der Waals surface area contributed by atoms with Crippen LogP contribution in [0, 0.1) is 6.92 Å². The van der Waals surface area contributed by atoms with Crippen molar-refractivity contribution in [3.05, 3.63) is 105 Å². The second kappa shape index (κ2) is 10.1. The van der Waals surface area contributed by atoms with E-state index in [2.05, 4.69) is 15.3 Å². The number of nitrogens with one attached hydrogen (secondary N) is 1. The summed E-state index contributed by atoms with van der Waals surface area (Å²) in [4.78, 5) is 33.2. The number of ether oxygens (including phenoxy) is 1. The fourth-order valence-corrected chi connectivity index (χ4v) is 4.08. The molecule has 4 rings (SSSR count). The highest BCUT2D eigenvalue weighted by Crippen LogP contribution is 2.27. The number of aromatic nitrogens is 3. The number of alkyl halides is 3. The van der Waals surface area contributed by atoms with Crippen molar-refractivity contribution < 1.29 is 22.7 Å². The van der Waals surface area contributed by atoms with E-state index in [1.165, 1.54) is 22.9 Å². The molecule has 0 aliphatic carbocycles. The van der Waals surface area contributed by atoms with Gasteiger partial charge in [-0.1, -0.05) is 47.7 Å². The first-order valence-corrected chi connectivity index (χ1v) is 11.2. The highest BCUT2D eigenvalue weighted by atomic mass is 32.1. The predicted octanol–water partition coefficient (Wildman–Crippen LogP) is 4.53. The Bertz CT molecular complexity index is 1380. The van der Waals surface area contributed by atoms with Crippen LogP contribution in [0.1, 0.15) is 32.2 Å². The molecular formula is C24H19F3N4O3S. The first-order chi connectivity index (χ1) is 16.7. The molecule has 1 amide bonds. The molecule has 0 fully saturated rings. The smallest absolute Gasteiger partial charge is 0.433 e. The van der Waals surface area contributed by atoms with E-state index in [0.29, 0.717) is 28.7 Å². The number of pyridine rings is 2. The Labute approximate surface area is 201 Å². The Kier molecular flexibility index (Phi) is 6.97. The first-order valence-electron chi connectivity index (χ1n) is 10.4. The molecule has 1 N–H and O–H groups in total. The molecule has 0 bridgehead atoms. The Morgan fingerprint density at radius 2 is 1.89 bits per heavy atom. The van der Waals surface area contributed by atoms with E-state index in [4.69, 9.17) is 4.74 Å². The van der Waals surface area contributed by atoms with Crippen molar-refractivity contribution in [3.8, 4) is 10.9 Å². The van der Waals surface area contributed by atoms with Gasteiger partial charge in [0.15, 0.2) is 5.13 Å². The number of nitrogens with zero attached hydrogens (tertiary/aromatic N) is 3. The van der Waals surface area contributed by atoms with E-state index >= 15 is 0 Å². The zero-order valence-electron chi connectivity index (χ0n) is 18.4. The van der Waals surface area contributed by atoms with Gasteiger partial charge in [0, 0.05) is 25.0 Å². The highest BCUT2D eigenvalue weighted by molar-refractivity contribution is 7.16. The van der Waals surface area contributed by atoms with Crippen LogP contribution in [0.15, 0.2) is 71.8 Å². The Hall–Kier alpha value is -3.99. The summed E-state index contributed by atoms with van der Waals surface area (Å²) >= 11 is 1.03. The minimum Gasteiger partial charge on any atom is -0.489 e. The number of amides is 1. The number of benzene rings is 1. The minimum absolute atomic E-state index is 0.00988. The van der Waals surface area contributed by atoms with Crippen LogP contribution in [0.4, 0.5) is 13.2 Å². The van der Waals surface area contributed by atoms with E-state index in [-0.39, 0.29) is 17.0 Å². The normalized spacial score (nSPS) is 11.3. The van der Waals surface area contributed by atoms with Crippen LogP contribution >= 0.6 is 11.3 Å². The Morgan fingerprint density at radius 3 is 2.54 bits per heavy atom. The lowest BCUT2D eigenvalue weighted by Gasteiger charge is -2.07. The molecule has 11 heteroatoms. The van der Waals surface area contributed by atoms with Gasteiger partial charge in [0.25, 0.3) is 11.5 Å². The monoisotopic (exact) mass is 500 g/mol. The number of carbonyl (C=O) groups excluding carboxylic acids is 1. The predicted molar refractivity (Wildman–Crippen MR) is 124 cm³/mol. The lowest BCUT2D eigenvalue weighted by atomic mass is 10.2. The van der Waals surface area contributed by atoms with Gasteiger partial charge >= 0.3 is 6.18 Å². The third-order valence-electron chi connectivity index (χ3n) is 4.91.